The number of carbonyl (C=O) groups is 1. The maximum atomic E-state index is 12.8. The van der Waals surface area contributed by atoms with E-state index in [0.717, 1.165) is 37.6 Å². The van der Waals surface area contributed by atoms with E-state index in [1.54, 1.807) is 61.6 Å². The number of nitrogens with two attached hydrogens (primary N) is 1. The molecule has 0 aromatic carbocycles. The number of hydrogen-bond acceptors (Lipinski definition) is 14. The lowest BCUT2D eigenvalue weighted by molar-refractivity contribution is -0.127. The van der Waals surface area contributed by atoms with E-state index in [-0.39, 0.29) is 81.8 Å². The van der Waals surface area contributed by atoms with Crippen molar-refractivity contribution in [3.8, 4) is 0 Å². The standard InChI is InChI=1S/C68H111N3O13/c1-6-7-8-9-17-20-30-51(3)67(84)53(5)65(82)40-22-19-16-14-12-10-11-13-15-18-21-39-64(81)52(4)66(83)49-63(80)48-60(77)37-27-36-59(76)47-62(79)46-58(75)35-26-34-56(73)44-55(72)32-25-33-57(74)45-61(78)38-28-42-70-68(69)71-43-41-54-31-24-23-29-50(54)2/h6-8,10-16,18-22,25-27,30,32,35,37,40,50-65,67,72-82,84H,1,9,17,23-24,28-29,31,33-34,36,38-39,41-49H2,2-5H3,(H3,69,70,71)/b8-7+,11-10+,14-12+,15-13+,19-16+,21-18+,30-20+,32-25+,35-26+,37-27+,40-22+. The minimum absolute atomic E-state index is 0.0153. The lowest BCUT2D eigenvalue weighted by Gasteiger charge is -2.28. The van der Waals surface area contributed by atoms with Gasteiger partial charge in [-0.05, 0) is 82.5 Å². The Morgan fingerprint density at radius 1 is 0.571 bits per heavy atom. The van der Waals surface area contributed by atoms with E-state index in [2.05, 4.69) is 23.8 Å². The number of rotatable bonds is 46. The van der Waals surface area contributed by atoms with Crippen LogP contribution in [0.4, 0.5) is 0 Å². The summed E-state index contributed by atoms with van der Waals surface area (Å²) in [7, 11) is 0. The molecule has 0 spiro atoms. The van der Waals surface area contributed by atoms with Crippen LogP contribution >= 0.6 is 0 Å². The van der Waals surface area contributed by atoms with Gasteiger partial charge in [0.25, 0.3) is 0 Å². The van der Waals surface area contributed by atoms with Crippen LogP contribution < -0.4 is 11.1 Å². The van der Waals surface area contributed by atoms with E-state index >= 15 is 0 Å². The normalized spacial score (nSPS) is 21.6. The summed E-state index contributed by atoms with van der Waals surface area (Å²) in [5.41, 5.74) is 6.01. The van der Waals surface area contributed by atoms with Gasteiger partial charge in [-0.2, -0.15) is 0 Å². The van der Waals surface area contributed by atoms with Gasteiger partial charge < -0.3 is 72.3 Å². The highest BCUT2D eigenvalue weighted by molar-refractivity contribution is 5.81. The summed E-state index contributed by atoms with van der Waals surface area (Å²) in [5.74, 6) is 0.373. The van der Waals surface area contributed by atoms with Crippen molar-refractivity contribution in [2.24, 2.45) is 40.3 Å². The number of unbranched alkanes of at least 4 members (excludes halogenated alkanes) is 1. The monoisotopic (exact) mass is 1180 g/mol. The van der Waals surface area contributed by atoms with E-state index in [1.165, 1.54) is 50.0 Å². The summed E-state index contributed by atoms with van der Waals surface area (Å²) in [6.07, 6.45) is 38.3. The number of allylic oxidation sites excluding steroid dienone is 14. The zero-order chi connectivity index (χ0) is 62.5. The molecule has 1 rings (SSSR count). The number of aliphatic hydroxyl groups is 12. The van der Waals surface area contributed by atoms with Crippen molar-refractivity contribution in [1.82, 2.24) is 5.32 Å². The lowest BCUT2D eigenvalue weighted by atomic mass is 9.79. The van der Waals surface area contributed by atoms with Gasteiger partial charge >= 0.3 is 0 Å². The van der Waals surface area contributed by atoms with Crippen molar-refractivity contribution in [2.75, 3.05) is 13.1 Å². The van der Waals surface area contributed by atoms with Crippen LogP contribution in [0.2, 0.25) is 0 Å². The van der Waals surface area contributed by atoms with Gasteiger partial charge in [0.15, 0.2) is 5.96 Å². The van der Waals surface area contributed by atoms with Crippen molar-refractivity contribution in [1.29, 1.82) is 0 Å². The van der Waals surface area contributed by atoms with Crippen LogP contribution in [-0.2, 0) is 4.79 Å². The Morgan fingerprint density at radius 2 is 1.08 bits per heavy atom. The molecule has 1 aliphatic carbocycles. The second kappa shape index (κ2) is 48.5. The highest BCUT2D eigenvalue weighted by Crippen LogP contribution is 2.31. The fourth-order valence-electron chi connectivity index (χ4n) is 9.74. The second-order valence-corrected chi connectivity index (χ2v) is 22.9. The van der Waals surface area contributed by atoms with E-state index < -0.39 is 79.2 Å². The topological polar surface area (TPSA) is 310 Å². The molecule has 1 fully saturated rings. The Labute approximate surface area is 503 Å². The third kappa shape index (κ3) is 40.6. The molecule has 0 radical (unpaired) electrons. The third-order valence-electron chi connectivity index (χ3n) is 15.2. The third-order valence-corrected chi connectivity index (χ3v) is 15.2. The van der Waals surface area contributed by atoms with Crippen molar-refractivity contribution in [3.05, 3.63) is 146 Å². The molecule has 16 heteroatoms. The van der Waals surface area contributed by atoms with E-state index in [4.69, 9.17) is 5.73 Å². The van der Waals surface area contributed by atoms with Gasteiger partial charge in [0, 0.05) is 56.5 Å². The molecular weight excluding hydrogens is 1070 g/mol. The quantitative estimate of drug-likeness (QED) is 0.00914. The summed E-state index contributed by atoms with van der Waals surface area (Å²) < 4.78 is 0. The number of nitrogens with zero attached hydrogens (tertiary/aromatic N) is 1. The zero-order valence-electron chi connectivity index (χ0n) is 50.9. The first-order valence-electron chi connectivity index (χ1n) is 30.8. The van der Waals surface area contributed by atoms with Gasteiger partial charge in [-0.1, -0.05) is 200 Å². The van der Waals surface area contributed by atoms with Gasteiger partial charge in [-0.15, -0.1) is 0 Å². The first-order valence-corrected chi connectivity index (χ1v) is 30.8. The van der Waals surface area contributed by atoms with Gasteiger partial charge in [-0.3, -0.25) is 9.79 Å². The summed E-state index contributed by atoms with van der Waals surface area (Å²) in [4.78, 5) is 17.1. The van der Waals surface area contributed by atoms with Crippen LogP contribution in [0, 0.1) is 29.6 Å². The Balaban J connectivity index is 2.27. The minimum Gasteiger partial charge on any atom is -0.393 e. The number of aliphatic hydroxyl groups excluding tert-OH is 12. The molecule has 1 saturated carbocycles. The van der Waals surface area contributed by atoms with Crippen molar-refractivity contribution in [2.45, 2.75) is 223 Å². The number of Topliss-reactive ketones (excluding diaryl/α,β-unsaturated/α-hetero) is 1. The molecule has 16 nitrogen and oxygen atoms in total. The van der Waals surface area contributed by atoms with E-state index in [0.29, 0.717) is 25.3 Å². The summed E-state index contributed by atoms with van der Waals surface area (Å²) in [6, 6.07) is 0. The molecule has 0 heterocycles. The Kier molecular flexibility index (Phi) is 44.6. The largest absolute Gasteiger partial charge is 0.393 e. The van der Waals surface area contributed by atoms with Crippen LogP contribution in [0.5, 0.6) is 0 Å². The van der Waals surface area contributed by atoms with Crippen molar-refractivity contribution >= 4 is 11.7 Å². The first kappa shape index (κ1) is 77.4. The van der Waals surface area contributed by atoms with Crippen molar-refractivity contribution < 1.29 is 66.1 Å². The number of aliphatic imine (C=N–C) groups is 1. The van der Waals surface area contributed by atoms with Gasteiger partial charge in [0.2, 0.25) is 0 Å². The van der Waals surface area contributed by atoms with Gasteiger partial charge in [0.05, 0.1) is 73.2 Å². The van der Waals surface area contributed by atoms with Crippen LogP contribution in [0.25, 0.3) is 0 Å². The molecule has 0 aromatic rings. The number of guanidine groups is 1. The van der Waals surface area contributed by atoms with Crippen LogP contribution in [0.15, 0.2) is 151 Å². The van der Waals surface area contributed by atoms with Crippen LogP contribution in [-0.4, -0.2) is 159 Å². The molecule has 1 aliphatic rings. The van der Waals surface area contributed by atoms with E-state index in [1.807, 2.05) is 74.6 Å². The SMILES string of the molecule is C=C/C=C/CC/C=C/C(C)C(O)C(C)C(O)/C=C/C=C/C=C/C=C/C=C/C=C/CC(O)C(C)C(=O)CC(O)CC(O)/C=C/CC(O)CC(O)CC(O)/C=C/CC(O)CC(O)/C=C/CC(O)CC(O)CCCN=C(N)NCCC1CCCCC1C. The Hall–Kier alpha value is -4.66. The first-order chi connectivity index (χ1) is 40.1. The molecular formula is C68H111N3O13. The molecule has 0 saturated heterocycles. The van der Waals surface area contributed by atoms with Crippen LogP contribution in [0.1, 0.15) is 150 Å². The Morgan fingerprint density at radius 3 is 1.67 bits per heavy atom. The maximum Gasteiger partial charge on any atom is 0.188 e. The van der Waals surface area contributed by atoms with Crippen LogP contribution in [0.3, 0.4) is 0 Å². The fraction of sp³-hybridized carbons (Fsp3) is 0.618. The molecule has 476 valence electrons. The predicted molar refractivity (Wildman–Crippen MR) is 340 cm³/mol. The molecule has 15 N–H and O–H groups in total. The fourth-order valence-corrected chi connectivity index (χ4v) is 9.74. The Bertz CT molecular complexity index is 2100. The van der Waals surface area contributed by atoms with E-state index in [9.17, 15) is 66.1 Å². The van der Waals surface area contributed by atoms with Gasteiger partial charge in [-0.25, -0.2) is 0 Å². The average Bonchev–Trinajstić information content (AvgIpc) is 3.53. The van der Waals surface area contributed by atoms with Gasteiger partial charge in [0.1, 0.15) is 5.78 Å². The summed E-state index contributed by atoms with van der Waals surface area (Å²) >= 11 is 0. The smallest absolute Gasteiger partial charge is 0.188 e. The molecule has 17 atom stereocenters. The molecule has 0 aliphatic heterocycles. The highest BCUT2D eigenvalue weighted by atomic mass is 16.3. The number of nitrogens with one attached hydrogen (secondary N) is 1. The molecule has 0 bridgehead atoms. The number of hydrogen-bond donors (Lipinski definition) is 14. The second-order valence-electron chi connectivity index (χ2n) is 22.9. The average molecular weight is 1180 g/mol. The molecule has 84 heavy (non-hydrogen) atoms. The minimum atomic E-state index is -1.16. The predicted octanol–water partition coefficient (Wildman–Crippen LogP) is 7.68. The number of carbonyl (C=O) groups excluding carboxylic acids is 1. The zero-order valence-corrected chi connectivity index (χ0v) is 50.9. The molecule has 0 amide bonds. The molecule has 0 aromatic heterocycles. The maximum absolute atomic E-state index is 12.8. The number of ketones is 1. The molecule has 17 unspecified atom stereocenters. The summed E-state index contributed by atoms with van der Waals surface area (Å²) in [6.45, 7) is 12.6. The lowest BCUT2D eigenvalue weighted by Crippen LogP contribution is -2.34. The van der Waals surface area contributed by atoms with Crippen molar-refractivity contribution in [3.63, 3.8) is 0 Å². The highest BCUT2D eigenvalue weighted by Gasteiger charge is 2.26. The summed E-state index contributed by atoms with van der Waals surface area (Å²) in [5, 5.41) is 129.